The van der Waals surface area contributed by atoms with E-state index in [-0.39, 0.29) is 27.4 Å². The minimum Gasteiger partial charge on any atom is -0.459 e. The number of piperidine rings is 1. The van der Waals surface area contributed by atoms with Crippen molar-refractivity contribution in [2.24, 2.45) is 5.41 Å². The normalized spacial score (nSPS) is 19.5. The van der Waals surface area contributed by atoms with Crippen molar-refractivity contribution >= 4 is 23.5 Å². The van der Waals surface area contributed by atoms with Crippen LogP contribution in [-0.4, -0.2) is 47.8 Å². The van der Waals surface area contributed by atoms with Gasteiger partial charge in [-0.05, 0) is 61.0 Å². The molecule has 2 fully saturated rings. The van der Waals surface area contributed by atoms with Crippen molar-refractivity contribution in [3.8, 4) is 22.9 Å². The van der Waals surface area contributed by atoms with E-state index >= 15 is 0 Å². The summed E-state index contributed by atoms with van der Waals surface area (Å²) in [5, 5.41) is 6.78. The van der Waals surface area contributed by atoms with Gasteiger partial charge < -0.3 is 25.8 Å². The smallest absolute Gasteiger partial charge is 0.429 e. The van der Waals surface area contributed by atoms with Crippen LogP contribution in [-0.2, 0) is 4.79 Å². The zero-order valence-electron chi connectivity index (χ0n) is 20.8. The molecule has 0 amide bonds. The highest BCUT2D eigenvalue weighted by Gasteiger charge is 2.45. The van der Waals surface area contributed by atoms with E-state index in [2.05, 4.69) is 20.6 Å². The molecule has 206 valence electrons. The minimum atomic E-state index is -4.83. The van der Waals surface area contributed by atoms with Gasteiger partial charge in [0, 0.05) is 17.1 Å². The summed E-state index contributed by atoms with van der Waals surface area (Å²) >= 11 is 6.12. The van der Waals surface area contributed by atoms with Gasteiger partial charge in [0.25, 0.3) is 0 Å². The first-order valence-corrected chi connectivity index (χ1v) is 12.9. The molecular weight excluding hydrogens is 535 g/mol. The zero-order chi connectivity index (χ0) is 27.6. The number of alkyl halides is 3. The third kappa shape index (κ3) is 6.26. The summed E-state index contributed by atoms with van der Waals surface area (Å²) < 4.78 is 53.8. The lowest BCUT2D eigenvalue weighted by Gasteiger charge is -2.32. The van der Waals surface area contributed by atoms with Gasteiger partial charge in [-0.15, -0.1) is 0 Å². The molecule has 2 aliphatic heterocycles. The first-order chi connectivity index (χ1) is 18.6. The molecule has 1 spiro atoms. The molecule has 5 rings (SSSR count). The maximum absolute atomic E-state index is 14.3. The third-order valence-corrected chi connectivity index (χ3v) is 7.36. The number of anilines is 1. The molecule has 0 aliphatic carbocycles. The van der Waals surface area contributed by atoms with Crippen molar-refractivity contribution in [3.63, 3.8) is 0 Å². The monoisotopic (exact) mass is 561 g/mol. The summed E-state index contributed by atoms with van der Waals surface area (Å²) in [6, 6.07) is 13.1. The van der Waals surface area contributed by atoms with Gasteiger partial charge in [0.1, 0.15) is 6.04 Å². The van der Waals surface area contributed by atoms with Crippen LogP contribution in [0.25, 0.3) is 11.1 Å². The number of esters is 1. The number of hydrogen-bond donors (Lipinski definition) is 3. The molecule has 0 radical (unpaired) electrons. The predicted molar refractivity (Wildman–Crippen MR) is 139 cm³/mol. The molecule has 2 atom stereocenters. The average molecular weight is 562 g/mol. The number of carbonyl (C=O) groups is 1. The number of halogens is 4. The summed E-state index contributed by atoms with van der Waals surface area (Å²) in [6.07, 6.45) is -4.76. The number of ether oxygens (including phenoxy) is 2. The fourth-order valence-corrected chi connectivity index (χ4v) is 5.35. The second-order valence-corrected chi connectivity index (χ2v) is 10.3. The Morgan fingerprint density at radius 2 is 1.79 bits per heavy atom. The van der Waals surface area contributed by atoms with E-state index in [1.54, 1.807) is 30.3 Å². The van der Waals surface area contributed by atoms with Crippen molar-refractivity contribution in [3.05, 3.63) is 65.2 Å². The summed E-state index contributed by atoms with van der Waals surface area (Å²) in [5.41, 5.74) is 6.37. The number of nitrogens with two attached hydrogens (primary N) is 1. The van der Waals surface area contributed by atoms with Gasteiger partial charge >= 0.3 is 12.1 Å². The van der Waals surface area contributed by atoms with E-state index in [1.165, 1.54) is 18.2 Å². The van der Waals surface area contributed by atoms with E-state index < -0.39 is 36.1 Å². The predicted octanol–water partition coefficient (Wildman–Crippen LogP) is 4.70. The molecule has 3 aromatic rings. The number of carbonyl (C=O) groups excluding carboxylic acids is 1. The van der Waals surface area contributed by atoms with E-state index in [9.17, 15) is 18.0 Å². The lowest BCUT2D eigenvalue weighted by atomic mass is 9.77. The number of hydrogen-bond acceptors (Lipinski definition) is 8. The second kappa shape index (κ2) is 11.0. The topological polar surface area (TPSA) is 111 Å². The Hall–Kier alpha value is -3.41. The first-order valence-electron chi connectivity index (χ1n) is 12.5. The van der Waals surface area contributed by atoms with Crippen molar-refractivity contribution < 1.29 is 27.4 Å². The fraction of sp³-hybridized carbons (Fsp3) is 0.370. The number of nitrogens with zero attached hydrogens (tertiary/aromatic N) is 2. The first kappa shape index (κ1) is 27.2. The standard InChI is InChI=1S/C27H27ClF3N5O3/c28-17-6-7-18(19(12-17)16-4-2-1-3-5-16)23(27(29,30)31)38-21-13-22(36-25(32)35-21)39-24(37)20-14-26(15-34-20)8-10-33-11-9-26/h1-7,12-13,20,23,33-34H,8-11,14-15H2,(H2,32,35,36)/t20?,23-/m1/s1. The van der Waals surface area contributed by atoms with Crippen molar-refractivity contribution in [1.29, 1.82) is 0 Å². The summed E-state index contributed by atoms with van der Waals surface area (Å²) in [6.45, 7) is 2.45. The quantitative estimate of drug-likeness (QED) is 0.371. The number of aromatic nitrogens is 2. The summed E-state index contributed by atoms with van der Waals surface area (Å²) in [7, 11) is 0. The van der Waals surface area contributed by atoms with Crippen LogP contribution in [0, 0.1) is 5.41 Å². The lowest BCUT2D eigenvalue weighted by Crippen LogP contribution is -2.37. The zero-order valence-corrected chi connectivity index (χ0v) is 21.6. The Kier molecular flexibility index (Phi) is 7.66. The molecule has 8 nitrogen and oxygen atoms in total. The molecule has 4 N–H and O–H groups in total. The average Bonchev–Trinajstić information content (AvgIpc) is 3.30. The van der Waals surface area contributed by atoms with E-state index in [4.69, 9.17) is 26.8 Å². The van der Waals surface area contributed by atoms with Crippen LogP contribution >= 0.6 is 11.6 Å². The van der Waals surface area contributed by atoms with Gasteiger partial charge in [-0.1, -0.05) is 48.0 Å². The fourth-order valence-electron chi connectivity index (χ4n) is 5.18. The van der Waals surface area contributed by atoms with Gasteiger partial charge in [0.2, 0.25) is 23.8 Å². The molecule has 1 unspecified atom stereocenters. The number of nitrogen functional groups attached to an aromatic ring is 1. The lowest BCUT2D eigenvalue weighted by molar-refractivity contribution is -0.198. The molecule has 39 heavy (non-hydrogen) atoms. The van der Waals surface area contributed by atoms with Gasteiger partial charge in [-0.25, -0.2) is 4.79 Å². The Labute approximate surface area is 228 Å². The second-order valence-electron chi connectivity index (χ2n) is 9.85. The molecule has 1 aromatic heterocycles. The van der Waals surface area contributed by atoms with Crippen LogP contribution in [0.5, 0.6) is 11.8 Å². The molecular formula is C27H27ClF3N5O3. The summed E-state index contributed by atoms with van der Waals surface area (Å²) in [4.78, 5) is 20.6. The Morgan fingerprint density at radius 1 is 1.08 bits per heavy atom. The molecule has 2 aliphatic rings. The van der Waals surface area contributed by atoms with Crippen LogP contribution in [0.1, 0.15) is 30.9 Å². The Balaban J connectivity index is 1.38. The number of benzene rings is 2. The highest BCUT2D eigenvalue weighted by molar-refractivity contribution is 6.30. The largest absolute Gasteiger partial charge is 0.459 e. The van der Waals surface area contributed by atoms with Crippen LogP contribution in [0.3, 0.4) is 0 Å². The van der Waals surface area contributed by atoms with Crippen molar-refractivity contribution in [2.75, 3.05) is 25.4 Å². The molecule has 2 saturated heterocycles. The number of rotatable bonds is 6. The van der Waals surface area contributed by atoms with Crippen molar-refractivity contribution in [2.45, 2.75) is 37.6 Å². The molecule has 12 heteroatoms. The van der Waals surface area contributed by atoms with Crippen LogP contribution in [0.15, 0.2) is 54.6 Å². The van der Waals surface area contributed by atoms with Crippen LogP contribution in [0.4, 0.5) is 19.1 Å². The third-order valence-electron chi connectivity index (χ3n) is 7.13. The Bertz CT molecular complexity index is 1340. The van der Waals surface area contributed by atoms with E-state index in [0.717, 1.165) is 32.0 Å². The van der Waals surface area contributed by atoms with Crippen LogP contribution in [0.2, 0.25) is 5.02 Å². The van der Waals surface area contributed by atoms with E-state index in [0.29, 0.717) is 18.5 Å². The Morgan fingerprint density at radius 3 is 2.51 bits per heavy atom. The molecule has 0 saturated carbocycles. The van der Waals surface area contributed by atoms with Crippen molar-refractivity contribution in [1.82, 2.24) is 20.6 Å². The highest BCUT2D eigenvalue weighted by Crippen LogP contribution is 2.42. The molecule has 3 heterocycles. The highest BCUT2D eigenvalue weighted by atomic mass is 35.5. The molecule has 0 bridgehead atoms. The minimum absolute atomic E-state index is 0.0167. The summed E-state index contributed by atoms with van der Waals surface area (Å²) in [5.74, 6) is -1.78. The van der Waals surface area contributed by atoms with E-state index in [1.807, 2.05) is 0 Å². The van der Waals surface area contributed by atoms with Gasteiger partial charge in [-0.3, -0.25) is 0 Å². The van der Waals surface area contributed by atoms with Crippen LogP contribution < -0.4 is 25.8 Å². The van der Waals surface area contributed by atoms with Gasteiger partial charge in [-0.2, -0.15) is 23.1 Å². The van der Waals surface area contributed by atoms with Gasteiger partial charge in [0.15, 0.2) is 0 Å². The maximum Gasteiger partial charge on any atom is 0.429 e. The maximum atomic E-state index is 14.3. The van der Waals surface area contributed by atoms with Gasteiger partial charge in [0.05, 0.1) is 6.07 Å². The molecule has 2 aromatic carbocycles. The number of nitrogens with one attached hydrogen (secondary N) is 2. The SMILES string of the molecule is Nc1nc(OC(=O)C2CC3(CCNCC3)CN2)cc(O[C@H](c2ccc(Cl)cc2-c2ccccc2)C(F)(F)F)n1.